The Hall–Kier alpha value is -1.95. The van der Waals surface area contributed by atoms with Gasteiger partial charge in [-0.15, -0.1) is 0 Å². The molecular weight excluding hydrogens is 202 g/mol. The number of carboxylic acid groups (broad SMARTS) is 1. The van der Waals surface area contributed by atoms with E-state index in [4.69, 9.17) is 9.84 Å². The maximum Gasteiger partial charge on any atom is 0.329 e. The van der Waals surface area contributed by atoms with E-state index in [1.54, 1.807) is 12.1 Å². The number of benzene rings is 1. The monoisotopic (exact) mass is 211 g/mol. The van der Waals surface area contributed by atoms with Crippen LogP contribution in [-0.2, 0) is 16.1 Å². The second-order valence-corrected chi connectivity index (χ2v) is 2.77. The van der Waals surface area contributed by atoms with E-state index in [-0.39, 0.29) is 12.3 Å². The third-order valence-electron chi connectivity index (χ3n) is 1.67. The number of ether oxygens (including phenoxy) is 1. The normalized spacial score (nSPS) is 9.87. The van der Waals surface area contributed by atoms with Gasteiger partial charge < -0.3 is 9.84 Å². The number of hydrogen-bond donors (Lipinski definition) is 1. The lowest BCUT2D eigenvalue weighted by Gasteiger charge is -2.02. The molecular formula is C9H9NO5. The topological polar surface area (TPSA) is 89.7 Å². The van der Waals surface area contributed by atoms with Crippen LogP contribution in [0.5, 0.6) is 0 Å². The summed E-state index contributed by atoms with van der Waals surface area (Å²) in [6, 6.07) is 6.05. The molecule has 0 amide bonds. The zero-order valence-electron chi connectivity index (χ0n) is 7.75. The lowest BCUT2D eigenvalue weighted by atomic mass is 10.2. The number of carbonyl (C=O) groups is 1. The predicted octanol–water partition coefficient (Wildman–Crippen LogP) is 1.20. The molecule has 0 aromatic heterocycles. The maximum absolute atomic E-state index is 10.6. The summed E-state index contributed by atoms with van der Waals surface area (Å²) < 4.78 is 4.77. The molecule has 0 aliphatic carbocycles. The lowest BCUT2D eigenvalue weighted by molar-refractivity contribution is -0.385. The molecule has 15 heavy (non-hydrogen) atoms. The molecule has 6 heteroatoms. The molecule has 1 rings (SSSR count). The van der Waals surface area contributed by atoms with Gasteiger partial charge in [0.2, 0.25) is 0 Å². The number of nitrogens with zero attached hydrogens (tertiary/aromatic N) is 1. The molecule has 0 heterocycles. The number of hydrogen-bond acceptors (Lipinski definition) is 4. The summed E-state index contributed by atoms with van der Waals surface area (Å²) in [6.45, 7) is -0.546. The molecule has 0 saturated carbocycles. The summed E-state index contributed by atoms with van der Waals surface area (Å²) in [5.74, 6) is -1.10. The predicted molar refractivity (Wildman–Crippen MR) is 50.4 cm³/mol. The first kappa shape index (κ1) is 11.1. The maximum atomic E-state index is 10.6. The standard InChI is InChI=1S/C9H9NO5/c11-9(12)6-15-5-7-3-1-2-4-8(7)10(13)14/h1-4H,5-6H2,(H,11,12). The van der Waals surface area contributed by atoms with Crippen molar-refractivity contribution in [3.8, 4) is 0 Å². The van der Waals surface area contributed by atoms with Gasteiger partial charge in [0.05, 0.1) is 17.1 Å². The minimum Gasteiger partial charge on any atom is -0.480 e. The number of para-hydroxylation sites is 1. The summed E-state index contributed by atoms with van der Waals surface area (Å²) in [4.78, 5) is 20.2. The average Bonchev–Trinajstić information content (AvgIpc) is 2.17. The molecule has 1 aromatic carbocycles. The summed E-state index contributed by atoms with van der Waals surface area (Å²) >= 11 is 0. The van der Waals surface area contributed by atoms with Gasteiger partial charge in [-0.25, -0.2) is 4.79 Å². The fraction of sp³-hybridized carbons (Fsp3) is 0.222. The van der Waals surface area contributed by atoms with Crippen molar-refractivity contribution in [2.75, 3.05) is 6.61 Å². The SMILES string of the molecule is O=C(O)COCc1ccccc1[N+](=O)[O-]. The van der Waals surface area contributed by atoms with Crippen molar-refractivity contribution in [1.29, 1.82) is 0 Å². The van der Waals surface area contributed by atoms with Crippen LogP contribution in [0.1, 0.15) is 5.56 Å². The van der Waals surface area contributed by atoms with E-state index in [0.717, 1.165) is 0 Å². The van der Waals surface area contributed by atoms with E-state index >= 15 is 0 Å². The van der Waals surface area contributed by atoms with Crippen LogP contribution in [0.4, 0.5) is 5.69 Å². The number of nitro benzene ring substituents is 1. The molecule has 0 saturated heterocycles. The minimum atomic E-state index is -1.10. The van der Waals surface area contributed by atoms with Gasteiger partial charge in [0.1, 0.15) is 6.61 Å². The second kappa shape index (κ2) is 5.06. The van der Waals surface area contributed by atoms with Crippen molar-refractivity contribution in [3.05, 3.63) is 39.9 Å². The Kier molecular flexibility index (Phi) is 3.75. The van der Waals surface area contributed by atoms with Gasteiger partial charge in [0.15, 0.2) is 0 Å². The molecule has 0 radical (unpaired) electrons. The highest BCUT2D eigenvalue weighted by Gasteiger charge is 2.12. The molecule has 80 valence electrons. The first-order valence-electron chi connectivity index (χ1n) is 4.13. The van der Waals surface area contributed by atoms with E-state index in [0.29, 0.717) is 5.56 Å². The van der Waals surface area contributed by atoms with Gasteiger partial charge in [-0.1, -0.05) is 12.1 Å². The van der Waals surface area contributed by atoms with Crippen molar-refractivity contribution >= 4 is 11.7 Å². The first-order chi connectivity index (χ1) is 7.11. The van der Waals surface area contributed by atoms with Gasteiger partial charge >= 0.3 is 5.97 Å². The Bertz CT molecular complexity index is 377. The van der Waals surface area contributed by atoms with Crippen molar-refractivity contribution < 1.29 is 19.6 Å². The quantitative estimate of drug-likeness (QED) is 0.583. The zero-order valence-corrected chi connectivity index (χ0v) is 7.75. The third-order valence-corrected chi connectivity index (χ3v) is 1.67. The van der Waals surface area contributed by atoms with Crippen LogP contribution in [-0.4, -0.2) is 22.6 Å². The molecule has 1 aromatic rings. The van der Waals surface area contributed by atoms with Gasteiger partial charge in [-0.05, 0) is 6.07 Å². The van der Waals surface area contributed by atoms with Crippen molar-refractivity contribution in [2.24, 2.45) is 0 Å². The lowest BCUT2D eigenvalue weighted by Crippen LogP contribution is -2.07. The summed E-state index contributed by atoms with van der Waals surface area (Å²) in [5.41, 5.74) is 0.298. The first-order valence-corrected chi connectivity index (χ1v) is 4.13. The van der Waals surface area contributed by atoms with E-state index in [2.05, 4.69) is 0 Å². The van der Waals surface area contributed by atoms with Gasteiger partial charge in [0, 0.05) is 6.07 Å². The minimum absolute atomic E-state index is 0.0668. The Morgan fingerprint density at radius 3 is 2.73 bits per heavy atom. The van der Waals surface area contributed by atoms with Crippen LogP contribution in [0, 0.1) is 10.1 Å². The Balaban J connectivity index is 2.67. The Morgan fingerprint density at radius 1 is 1.47 bits per heavy atom. The van der Waals surface area contributed by atoms with E-state index in [9.17, 15) is 14.9 Å². The molecule has 0 atom stereocenters. The van der Waals surface area contributed by atoms with Crippen LogP contribution in [0.3, 0.4) is 0 Å². The molecule has 0 bridgehead atoms. The van der Waals surface area contributed by atoms with Crippen LogP contribution in [0.15, 0.2) is 24.3 Å². The van der Waals surface area contributed by atoms with Gasteiger partial charge in [-0.3, -0.25) is 10.1 Å². The molecule has 0 unspecified atom stereocenters. The summed E-state index contributed by atoms with van der Waals surface area (Å²) in [7, 11) is 0. The largest absolute Gasteiger partial charge is 0.480 e. The van der Waals surface area contributed by atoms with Crippen LogP contribution in [0.25, 0.3) is 0 Å². The molecule has 0 fully saturated rings. The molecule has 0 aliphatic heterocycles. The van der Waals surface area contributed by atoms with E-state index < -0.39 is 17.5 Å². The average molecular weight is 211 g/mol. The van der Waals surface area contributed by atoms with Crippen LogP contribution < -0.4 is 0 Å². The Labute approximate surface area is 85.2 Å². The number of aliphatic carboxylic acids is 1. The molecule has 1 N–H and O–H groups in total. The third kappa shape index (κ3) is 3.35. The van der Waals surface area contributed by atoms with Crippen LogP contribution in [0.2, 0.25) is 0 Å². The molecule has 6 nitrogen and oxygen atoms in total. The van der Waals surface area contributed by atoms with E-state index in [1.807, 2.05) is 0 Å². The number of rotatable bonds is 5. The van der Waals surface area contributed by atoms with Crippen LogP contribution >= 0.6 is 0 Å². The fourth-order valence-corrected chi connectivity index (χ4v) is 1.06. The fourth-order valence-electron chi connectivity index (χ4n) is 1.06. The zero-order chi connectivity index (χ0) is 11.3. The van der Waals surface area contributed by atoms with Crippen molar-refractivity contribution in [3.63, 3.8) is 0 Å². The highest BCUT2D eigenvalue weighted by Crippen LogP contribution is 2.18. The highest BCUT2D eigenvalue weighted by atomic mass is 16.6. The number of nitro groups is 1. The Morgan fingerprint density at radius 2 is 2.13 bits per heavy atom. The molecule has 0 aliphatic rings. The highest BCUT2D eigenvalue weighted by molar-refractivity contribution is 5.68. The summed E-state index contributed by atoms with van der Waals surface area (Å²) in [6.07, 6.45) is 0. The summed E-state index contributed by atoms with van der Waals surface area (Å²) in [5, 5.41) is 18.9. The number of carboxylic acids is 1. The van der Waals surface area contributed by atoms with E-state index in [1.165, 1.54) is 12.1 Å². The van der Waals surface area contributed by atoms with Gasteiger partial charge in [-0.2, -0.15) is 0 Å². The van der Waals surface area contributed by atoms with Gasteiger partial charge in [0.25, 0.3) is 5.69 Å². The van der Waals surface area contributed by atoms with Crippen molar-refractivity contribution in [1.82, 2.24) is 0 Å². The van der Waals surface area contributed by atoms with Crippen molar-refractivity contribution in [2.45, 2.75) is 6.61 Å². The second-order valence-electron chi connectivity index (χ2n) is 2.77. The molecule has 0 spiro atoms. The smallest absolute Gasteiger partial charge is 0.329 e.